The van der Waals surface area contributed by atoms with Gasteiger partial charge in [-0.1, -0.05) is 41.9 Å². The van der Waals surface area contributed by atoms with Crippen LogP contribution in [0.3, 0.4) is 0 Å². The Labute approximate surface area is 171 Å². The van der Waals surface area contributed by atoms with E-state index in [1.165, 1.54) is 11.3 Å². The minimum Gasteiger partial charge on any atom is -0.497 e. The molecular weight excluding hydrogens is 402 g/mol. The summed E-state index contributed by atoms with van der Waals surface area (Å²) in [5.41, 5.74) is 0.619. The Morgan fingerprint density at radius 3 is 2.75 bits per heavy atom. The van der Waals surface area contributed by atoms with E-state index in [0.29, 0.717) is 33.2 Å². The molecule has 1 atom stereocenters. The van der Waals surface area contributed by atoms with Gasteiger partial charge in [-0.3, -0.25) is 4.79 Å². The number of amides is 1. The lowest BCUT2D eigenvalue weighted by molar-refractivity contribution is -0.124. The number of nitrogens with one attached hydrogen (secondary N) is 1. The summed E-state index contributed by atoms with van der Waals surface area (Å²) in [4.78, 5) is 16.9. The Bertz CT molecular complexity index is 970. The van der Waals surface area contributed by atoms with Gasteiger partial charge in [-0.15, -0.1) is 0 Å². The van der Waals surface area contributed by atoms with Crippen LogP contribution in [-0.4, -0.2) is 23.2 Å². The van der Waals surface area contributed by atoms with Crippen LogP contribution in [0, 0.1) is 5.92 Å². The Hall–Kier alpha value is -2.58. The van der Waals surface area contributed by atoms with Crippen LogP contribution < -0.4 is 14.8 Å². The van der Waals surface area contributed by atoms with Crippen molar-refractivity contribution in [1.82, 2.24) is 15.5 Å². The van der Waals surface area contributed by atoms with Crippen LogP contribution >= 0.6 is 22.9 Å². The number of ether oxygens (including phenoxy) is 2. The molecule has 0 bridgehead atoms. The van der Waals surface area contributed by atoms with Gasteiger partial charge in [0.2, 0.25) is 5.91 Å². The first-order valence-corrected chi connectivity index (χ1v) is 9.81. The summed E-state index contributed by atoms with van der Waals surface area (Å²) in [6.45, 7) is 5.51. The van der Waals surface area contributed by atoms with Crippen LogP contribution in [0.15, 0.2) is 35.0 Å². The maximum Gasteiger partial charge on any atom is 0.279 e. The monoisotopic (exact) mass is 421 g/mol. The molecule has 1 aromatic carbocycles. The Morgan fingerprint density at radius 1 is 1.29 bits per heavy atom. The van der Waals surface area contributed by atoms with Gasteiger partial charge >= 0.3 is 0 Å². The number of aromatic nitrogens is 2. The largest absolute Gasteiger partial charge is 0.497 e. The van der Waals surface area contributed by atoms with Gasteiger partial charge in [-0.2, -0.15) is 0 Å². The highest BCUT2D eigenvalue weighted by atomic mass is 35.5. The van der Waals surface area contributed by atoms with E-state index in [0.717, 1.165) is 4.88 Å². The van der Waals surface area contributed by atoms with E-state index >= 15 is 0 Å². The van der Waals surface area contributed by atoms with Gasteiger partial charge in [-0.25, -0.2) is 4.98 Å². The van der Waals surface area contributed by atoms with Crippen molar-refractivity contribution in [1.29, 1.82) is 0 Å². The first-order valence-electron chi connectivity index (χ1n) is 8.62. The van der Waals surface area contributed by atoms with E-state index in [4.69, 9.17) is 25.6 Å². The molecule has 0 aliphatic heterocycles. The van der Waals surface area contributed by atoms with Crippen molar-refractivity contribution in [3.8, 4) is 27.3 Å². The summed E-state index contributed by atoms with van der Waals surface area (Å²) >= 11 is 7.50. The third kappa shape index (κ3) is 4.63. The second kappa shape index (κ2) is 8.62. The third-order valence-electron chi connectivity index (χ3n) is 3.91. The summed E-state index contributed by atoms with van der Waals surface area (Å²) in [5.74, 6) is 1.55. The summed E-state index contributed by atoms with van der Waals surface area (Å²) in [6, 6.07) is 6.64. The third-order valence-corrected chi connectivity index (χ3v) is 5.10. The van der Waals surface area contributed by atoms with E-state index in [2.05, 4.69) is 15.5 Å². The SMILES string of the molecule is COc1ccc(Oc2ncc(-c3cc(C(C)NC(=O)C(C)C)on3)s2)c(Cl)c1. The fourth-order valence-corrected chi connectivity index (χ4v) is 3.21. The van der Waals surface area contributed by atoms with Gasteiger partial charge in [0.1, 0.15) is 17.2 Å². The van der Waals surface area contributed by atoms with Crippen LogP contribution in [0.1, 0.15) is 32.6 Å². The van der Waals surface area contributed by atoms with E-state index in [9.17, 15) is 4.79 Å². The smallest absolute Gasteiger partial charge is 0.279 e. The molecule has 1 N–H and O–H groups in total. The van der Waals surface area contributed by atoms with E-state index < -0.39 is 0 Å². The molecule has 148 valence electrons. The zero-order valence-corrected chi connectivity index (χ0v) is 17.4. The number of benzene rings is 1. The van der Waals surface area contributed by atoms with Crippen LogP contribution in [0.25, 0.3) is 10.6 Å². The number of hydrogen-bond acceptors (Lipinski definition) is 7. The lowest BCUT2D eigenvalue weighted by atomic mass is 10.1. The summed E-state index contributed by atoms with van der Waals surface area (Å²) < 4.78 is 16.2. The number of carbonyl (C=O) groups is 1. The van der Waals surface area contributed by atoms with Crippen LogP contribution in [-0.2, 0) is 4.79 Å². The van der Waals surface area contributed by atoms with Crippen molar-refractivity contribution in [2.75, 3.05) is 7.11 Å². The lowest BCUT2D eigenvalue weighted by Gasteiger charge is -2.12. The van der Waals surface area contributed by atoms with E-state index in [1.54, 1.807) is 37.6 Å². The molecule has 0 spiro atoms. The van der Waals surface area contributed by atoms with Crippen LogP contribution in [0.2, 0.25) is 5.02 Å². The molecule has 0 saturated carbocycles. The normalized spacial score (nSPS) is 12.1. The fourth-order valence-electron chi connectivity index (χ4n) is 2.27. The van der Waals surface area contributed by atoms with Crippen molar-refractivity contribution >= 4 is 28.8 Å². The quantitative estimate of drug-likeness (QED) is 0.572. The number of thiazole rings is 1. The van der Waals surface area contributed by atoms with Crippen molar-refractivity contribution in [3.63, 3.8) is 0 Å². The van der Waals surface area contributed by atoms with Gasteiger partial charge in [-0.05, 0) is 19.1 Å². The van der Waals surface area contributed by atoms with Gasteiger partial charge < -0.3 is 19.3 Å². The summed E-state index contributed by atoms with van der Waals surface area (Å²) in [6.07, 6.45) is 1.65. The number of methoxy groups -OCH3 is 1. The second-order valence-corrected chi connectivity index (χ2v) is 7.79. The molecule has 3 aromatic rings. The molecule has 7 nitrogen and oxygen atoms in total. The van der Waals surface area contributed by atoms with Gasteiger partial charge in [0, 0.05) is 18.1 Å². The Morgan fingerprint density at radius 2 is 2.07 bits per heavy atom. The Kier molecular flexibility index (Phi) is 6.21. The highest BCUT2D eigenvalue weighted by molar-refractivity contribution is 7.16. The molecule has 2 heterocycles. The molecule has 0 aliphatic carbocycles. The van der Waals surface area contributed by atoms with Crippen LogP contribution in [0.5, 0.6) is 16.7 Å². The lowest BCUT2D eigenvalue weighted by Crippen LogP contribution is -2.30. The first kappa shape index (κ1) is 20.2. The predicted octanol–water partition coefficient (Wildman–Crippen LogP) is 5.09. The molecule has 0 saturated heterocycles. The van der Waals surface area contributed by atoms with Crippen molar-refractivity contribution in [3.05, 3.63) is 41.2 Å². The van der Waals surface area contributed by atoms with Gasteiger partial charge in [0.25, 0.3) is 5.19 Å². The average molecular weight is 422 g/mol. The minimum absolute atomic E-state index is 0.0460. The standard InChI is InChI=1S/C19H20ClN3O4S/c1-10(2)18(24)22-11(3)16-8-14(23-27-16)17-9-21-19(28-17)26-15-6-5-12(25-4)7-13(15)20/h5-11H,1-4H3,(H,22,24). The highest BCUT2D eigenvalue weighted by Crippen LogP contribution is 2.37. The van der Waals surface area contributed by atoms with Crippen molar-refractivity contribution in [2.24, 2.45) is 5.92 Å². The maximum atomic E-state index is 11.8. The highest BCUT2D eigenvalue weighted by Gasteiger charge is 2.18. The average Bonchev–Trinajstić information content (AvgIpc) is 3.32. The van der Waals surface area contributed by atoms with E-state index in [-0.39, 0.29) is 17.9 Å². The van der Waals surface area contributed by atoms with E-state index in [1.807, 2.05) is 20.8 Å². The molecular formula is C19H20ClN3O4S. The zero-order chi connectivity index (χ0) is 20.3. The minimum atomic E-state index is -0.280. The van der Waals surface area contributed by atoms with Crippen LogP contribution in [0.4, 0.5) is 0 Å². The molecule has 0 fully saturated rings. The van der Waals surface area contributed by atoms with Gasteiger partial charge in [0.15, 0.2) is 5.76 Å². The summed E-state index contributed by atoms with van der Waals surface area (Å²) in [7, 11) is 1.57. The number of hydrogen-bond donors (Lipinski definition) is 1. The number of halogens is 1. The number of rotatable bonds is 7. The molecule has 28 heavy (non-hydrogen) atoms. The predicted molar refractivity (Wildman–Crippen MR) is 107 cm³/mol. The molecule has 3 rings (SSSR count). The summed E-state index contributed by atoms with van der Waals surface area (Å²) in [5, 5.41) is 7.79. The topological polar surface area (TPSA) is 86.5 Å². The number of nitrogens with zero attached hydrogens (tertiary/aromatic N) is 2. The molecule has 1 amide bonds. The maximum absolute atomic E-state index is 11.8. The first-order chi connectivity index (χ1) is 13.4. The zero-order valence-electron chi connectivity index (χ0n) is 15.9. The second-order valence-electron chi connectivity index (χ2n) is 6.39. The number of carbonyl (C=O) groups excluding carboxylic acids is 1. The molecule has 2 aromatic heterocycles. The Balaban J connectivity index is 1.71. The molecule has 0 aliphatic rings. The molecule has 0 radical (unpaired) electrons. The molecule has 9 heteroatoms. The fraction of sp³-hybridized carbons (Fsp3) is 0.316. The van der Waals surface area contributed by atoms with Gasteiger partial charge in [0.05, 0.1) is 29.2 Å². The van der Waals surface area contributed by atoms with Crippen molar-refractivity contribution < 1.29 is 18.8 Å². The van der Waals surface area contributed by atoms with Crippen molar-refractivity contribution in [2.45, 2.75) is 26.8 Å². The molecule has 1 unspecified atom stereocenters.